The van der Waals surface area contributed by atoms with Crippen molar-refractivity contribution in [1.82, 2.24) is 9.21 Å². The maximum atomic E-state index is 12.7. The summed E-state index contributed by atoms with van der Waals surface area (Å²) in [5, 5.41) is 0. The van der Waals surface area contributed by atoms with Crippen molar-refractivity contribution >= 4 is 10.0 Å². The third-order valence-electron chi connectivity index (χ3n) is 3.94. The summed E-state index contributed by atoms with van der Waals surface area (Å²) in [5.74, 6) is 0. The van der Waals surface area contributed by atoms with Crippen molar-refractivity contribution in [3.63, 3.8) is 0 Å². The zero-order chi connectivity index (χ0) is 14.9. The second-order valence-electron chi connectivity index (χ2n) is 5.55. The number of benzene rings is 1. The molecule has 0 radical (unpaired) electrons. The molecule has 0 bridgehead atoms. The molecule has 0 amide bonds. The highest BCUT2D eigenvalue weighted by molar-refractivity contribution is 7.89. The van der Waals surface area contributed by atoms with Gasteiger partial charge in [0.1, 0.15) is 0 Å². The molecule has 2 N–H and O–H groups in total. The predicted molar refractivity (Wildman–Crippen MR) is 79.9 cm³/mol. The minimum absolute atomic E-state index is 0.170. The highest BCUT2D eigenvalue weighted by Gasteiger charge is 2.30. The van der Waals surface area contributed by atoms with Crippen molar-refractivity contribution in [3.05, 3.63) is 29.8 Å². The van der Waals surface area contributed by atoms with E-state index in [1.807, 2.05) is 27.0 Å². The molecule has 0 aliphatic carbocycles. The van der Waals surface area contributed by atoms with Crippen LogP contribution < -0.4 is 5.73 Å². The van der Waals surface area contributed by atoms with Crippen LogP contribution in [-0.4, -0.2) is 50.3 Å². The number of nitrogens with zero attached hydrogens (tertiary/aromatic N) is 2. The van der Waals surface area contributed by atoms with Gasteiger partial charge in [-0.05, 0) is 38.6 Å². The van der Waals surface area contributed by atoms with E-state index in [1.54, 1.807) is 22.5 Å². The number of rotatable bonds is 3. The van der Waals surface area contributed by atoms with E-state index in [0.717, 1.165) is 12.1 Å². The average Bonchev–Trinajstić information content (AvgIpc) is 2.42. The summed E-state index contributed by atoms with van der Waals surface area (Å²) in [4.78, 5) is 2.51. The number of nitrogens with two attached hydrogens (primary N) is 1. The van der Waals surface area contributed by atoms with Crippen LogP contribution in [0, 0.1) is 0 Å². The van der Waals surface area contributed by atoms with Crippen molar-refractivity contribution in [2.24, 2.45) is 5.73 Å². The molecule has 1 aromatic carbocycles. The van der Waals surface area contributed by atoms with Crippen LogP contribution in [0.25, 0.3) is 0 Å². The molecule has 1 aliphatic rings. The van der Waals surface area contributed by atoms with Gasteiger partial charge in [-0.15, -0.1) is 0 Å². The Kier molecular flexibility index (Phi) is 4.49. The second kappa shape index (κ2) is 5.81. The molecule has 0 saturated carbocycles. The molecule has 20 heavy (non-hydrogen) atoms. The number of hydrogen-bond acceptors (Lipinski definition) is 4. The Balaban J connectivity index is 2.28. The van der Waals surface area contributed by atoms with Gasteiger partial charge in [0.25, 0.3) is 0 Å². The summed E-state index contributed by atoms with van der Waals surface area (Å²) >= 11 is 0. The minimum Gasteiger partial charge on any atom is -0.324 e. The Bertz CT molecular complexity index is 572. The number of piperazine rings is 1. The van der Waals surface area contributed by atoms with Gasteiger partial charge in [0.05, 0.1) is 4.90 Å². The molecule has 2 unspecified atom stereocenters. The average molecular weight is 297 g/mol. The Morgan fingerprint density at radius 1 is 1.35 bits per heavy atom. The Morgan fingerprint density at radius 3 is 2.65 bits per heavy atom. The zero-order valence-corrected chi connectivity index (χ0v) is 13.1. The fraction of sp³-hybridized carbons (Fsp3) is 0.571. The first-order valence-corrected chi connectivity index (χ1v) is 8.32. The molecule has 6 heteroatoms. The van der Waals surface area contributed by atoms with Crippen LogP contribution in [0.2, 0.25) is 0 Å². The SMILES string of the molecule is CC(N)c1cccc(S(=O)(=O)N2CCN(C)C(C)C2)c1. The van der Waals surface area contributed by atoms with E-state index in [-0.39, 0.29) is 12.1 Å². The van der Waals surface area contributed by atoms with Gasteiger partial charge in [0.15, 0.2) is 0 Å². The second-order valence-corrected chi connectivity index (χ2v) is 7.49. The van der Waals surface area contributed by atoms with Crippen molar-refractivity contribution in [3.8, 4) is 0 Å². The van der Waals surface area contributed by atoms with Crippen LogP contribution >= 0.6 is 0 Å². The lowest BCUT2D eigenvalue weighted by atomic mass is 10.1. The van der Waals surface area contributed by atoms with Crippen LogP contribution in [-0.2, 0) is 10.0 Å². The summed E-state index contributed by atoms with van der Waals surface area (Å²) in [7, 11) is -1.40. The van der Waals surface area contributed by atoms with Crippen molar-refractivity contribution < 1.29 is 8.42 Å². The van der Waals surface area contributed by atoms with E-state index in [9.17, 15) is 8.42 Å². The quantitative estimate of drug-likeness (QED) is 0.905. The third kappa shape index (κ3) is 3.03. The minimum atomic E-state index is -3.42. The highest BCUT2D eigenvalue weighted by Crippen LogP contribution is 2.22. The smallest absolute Gasteiger partial charge is 0.243 e. The fourth-order valence-corrected chi connectivity index (χ4v) is 3.91. The van der Waals surface area contributed by atoms with Gasteiger partial charge in [0.2, 0.25) is 10.0 Å². The topological polar surface area (TPSA) is 66.6 Å². The molecule has 112 valence electrons. The molecule has 1 fully saturated rings. The normalized spacial score (nSPS) is 23.7. The molecule has 1 aliphatic heterocycles. The van der Waals surface area contributed by atoms with E-state index in [0.29, 0.717) is 18.0 Å². The van der Waals surface area contributed by atoms with Gasteiger partial charge < -0.3 is 10.6 Å². The predicted octanol–water partition coefficient (Wildman–Crippen LogP) is 1.03. The summed E-state index contributed by atoms with van der Waals surface area (Å²) in [5.41, 5.74) is 6.67. The largest absolute Gasteiger partial charge is 0.324 e. The third-order valence-corrected chi connectivity index (χ3v) is 5.81. The van der Waals surface area contributed by atoms with Gasteiger partial charge in [-0.2, -0.15) is 4.31 Å². The number of likely N-dealkylation sites (N-methyl/N-ethyl adjacent to an activating group) is 1. The molecular formula is C14H23N3O2S. The first-order valence-electron chi connectivity index (χ1n) is 6.88. The molecule has 0 spiro atoms. The summed E-state index contributed by atoms with van der Waals surface area (Å²) < 4.78 is 26.9. The van der Waals surface area contributed by atoms with Crippen LogP contribution in [0.1, 0.15) is 25.5 Å². The first kappa shape index (κ1) is 15.4. The molecular weight excluding hydrogens is 274 g/mol. The molecule has 1 aromatic rings. The molecule has 0 aromatic heterocycles. The lowest BCUT2D eigenvalue weighted by Gasteiger charge is -2.36. The van der Waals surface area contributed by atoms with E-state index in [1.165, 1.54) is 0 Å². The lowest BCUT2D eigenvalue weighted by molar-refractivity contribution is 0.159. The maximum absolute atomic E-state index is 12.7. The summed E-state index contributed by atoms with van der Waals surface area (Å²) in [6.07, 6.45) is 0. The van der Waals surface area contributed by atoms with Gasteiger partial charge >= 0.3 is 0 Å². The van der Waals surface area contributed by atoms with E-state index >= 15 is 0 Å². The van der Waals surface area contributed by atoms with Crippen LogP contribution in [0.3, 0.4) is 0 Å². The first-order chi connectivity index (χ1) is 9.32. The van der Waals surface area contributed by atoms with E-state index in [4.69, 9.17) is 5.73 Å². The fourth-order valence-electron chi connectivity index (χ4n) is 2.34. The summed E-state index contributed by atoms with van der Waals surface area (Å²) in [6, 6.07) is 7.00. The molecule has 2 atom stereocenters. The molecule has 1 saturated heterocycles. The zero-order valence-electron chi connectivity index (χ0n) is 12.3. The van der Waals surface area contributed by atoms with Crippen LogP contribution in [0.4, 0.5) is 0 Å². The molecule has 1 heterocycles. The monoisotopic (exact) mass is 297 g/mol. The Hall–Kier alpha value is -0.950. The summed E-state index contributed by atoms with van der Waals surface area (Å²) in [6.45, 7) is 5.71. The van der Waals surface area contributed by atoms with Gasteiger partial charge in [-0.1, -0.05) is 12.1 Å². The number of hydrogen-bond donors (Lipinski definition) is 1. The Labute approximate surface area is 121 Å². The van der Waals surface area contributed by atoms with Crippen molar-refractivity contribution in [1.29, 1.82) is 0 Å². The van der Waals surface area contributed by atoms with E-state index < -0.39 is 10.0 Å². The standard InChI is InChI=1S/C14H23N3O2S/c1-11-10-17(8-7-16(11)3)20(18,19)14-6-4-5-13(9-14)12(2)15/h4-6,9,11-12H,7-8,10,15H2,1-3H3. The molecule has 5 nitrogen and oxygen atoms in total. The van der Waals surface area contributed by atoms with Gasteiger partial charge in [-0.3, -0.25) is 0 Å². The van der Waals surface area contributed by atoms with Crippen LogP contribution in [0.15, 0.2) is 29.2 Å². The van der Waals surface area contributed by atoms with Crippen molar-refractivity contribution in [2.45, 2.75) is 30.8 Å². The Morgan fingerprint density at radius 2 is 2.05 bits per heavy atom. The van der Waals surface area contributed by atoms with Crippen LogP contribution in [0.5, 0.6) is 0 Å². The van der Waals surface area contributed by atoms with Gasteiger partial charge in [0, 0.05) is 31.7 Å². The highest BCUT2D eigenvalue weighted by atomic mass is 32.2. The molecule has 2 rings (SSSR count). The van der Waals surface area contributed by atoms with Gasteiger partial charge in [-0.25, -0.2) is 8.42 Å². The number of sulfonamides is 1. The maximum Gasteiger partial charge on any atom is 0.243 e. The van der Waals surface area contributed by atoms with E-state index in [2.05, 4.69) is 4.90 Å². The van der Waals surface area contributed by atoms with Crippen molar-refractivity contribution in [2.75, 3.05) is 26.7 Å². The lowest BCUT2D eigenvalue weighted by Crippen LogP contribution is -2.51.